The largest absolute Gasteiger partial charge is 0.493 e. The molecule has 0 radical (unpaired) electrons. The fourth-order valence-corrected chi connectivity index (χ4v) is 6.72. The van der Waals surface area contributed by atoms with Gasteiger partial charge in [0.25, 0.3) is 11.8 Å². The second-order valence-corrected chi connectivity index (χ2v) is 14.3. The van der Waals surface area contributed by atoms with Crippen molar-refractivity contribution in [2.75, 3.05) is 19.0 Å². The number of aromatic nitrogens is 1. The molecule has 2 aromatic heterocycles. The van der Waals surface area contributed by atoms with Gasteiger partial charge in [-0.25, -0.2) is 14.6 Å². The maximum atomic E-state index is 14.4. The van der Waals surface area contributed by atoms with Crippen molar-refractivity contribution in [1.29, 1.82) is 0 Å². The van der Waals surface area contributed by atoms with Crippen LogP contribution in [0, 0.1) is 13.8 Å². The quantitative estimate of drug-likeness (QED) is 0.164. The molecule has 0 saturated heterocycles. The highest BCUT2D eigenvalue weighted by molar-refractivity contribution is 7.13. The first-order valence-corrected chi connectivity index (χ1v) is 17.2. The number of thiophene rings is 1. The number of hydrogen-bond donors (Lipinski definition) is 3. The van der Waals surface area contributed by atoms with Crippen LogP contribution in [0.4, 0.5) is 10.5 Å². The van der Waals surface area contributed by atoms with Crippen molar-refractivity contribution >= 4 is 40.9 Å². The van der Waals surface area contributed by atoms with Gasteiger partial charge in [0.15, 0.2) is 5.69 Å². The van der Waals surface area contributed by atoms with Crippen LogP contribution in [-0.4, -0.2) is 54.2 Å². The Morgan fingerprint density at radius 3 is 2.34 bits per heavy atom. The zero-order chi connectivity index (χ0) is 36.3. The lowest BCUT2D eigenvalue weighted by Gasteiger charge is -2.20. The normalized spacial score (nSPS) is 12.2. The van der Waals surface area contributed by atoms with E-state index in [4.69, 9.17) is 14.2 Å². The van der Waals surface area contributed by atoms with Crippen LogP contribution in [0.5, 0.6) is 5.75 Å². The van der Waals surface area contributed by atoms with Gasteiger partial charge in [-0.3, -0.25) is 9.59 Å². The van der Waals surface area contributed by atoms with E-state index < -0.39 is 29.5 Å². The summed E-state index contributed by atoms with van der Waals surface area (Å²) in [6.07, 6.45) is 0.181. The molecule has 0 aliphatic carbocycles. The number of nitrogens with zero attached hydrogens (tertiary/aromatic N) is 1. The van der Waals surface area contributed by atoms with Gasteiger partial charge in [0.2, 0.25) is 0 Å². The summed E-state index contributed by atoms with van der Waals surface area (Å²) in [6.45, 7) is 13.5. The van der Waals surface area contributed by atoms with E-state index in [1.54, 1.807) is 50.3 Å². The second-order valence-electron chi connectivity index (χ2n) is 13.4. The van der Waals surface area contributed by atoms with Crippen molar-refractivity contribution < 1.29 is 33.4 Å². The Morgan fingerprint density at radius 2 is 1.68 bits per heavy atom. The number of ether oxygens (including phenoxy) is 3. The molecule has 262 valence electrons. The summed E-state index contributed by atoms with van der Waals surface area (Å²) in [6, 6.07) is 12.3. The minimum Gasteiger partial charge on any atom is -0.493 e. The Hall–Kier alpha value is -5.23. The van der Waals surface area contributed by atoms with Gasteiger partial charge in [-0.2, -0.15) is 0 Å². The van der Waals surface area contributed by atoms with Gasteiger partial charge in [-0.05, 0) is 106 Å². The van der Waals surface area contributed by atoms with E-state index >= 15 is 0 Å². The number of nitrogens with one attached hydrogen (secondary N) is 3. The van der Waals surface area contributed by atoms with Gasteiger partial charge in [0.05, 0.1) is 13.7 Å². The number of esters is 1. The fraction of sp³-hybridized carbons (Fsp3) is 0.342. The van der Waals surface area contributed by atoms with Crippen LogP contribution in [-0.2, 0) is 22.4 Å². The number of anilines is 1. The molecule has 1 aliphatic rings. The molecule has 5 rings (SSSR count). The van der Waals surface area contributed by atoms with Crippen molar-refractivity contribution in [3.8, 4) is 27.3 Å². The number of methoxy groups -OCH3 is 1. The van der Waals surface area contributed by atoms with E-state index in [1.807, 2.05) is 45.2 Å². The van der Waals surface area contributed by atoms with E-state index in [-0.39, 0.29) is 29.5 Å². The molecule has 0 unspecified atom stereocenters. The third-order valence-electron chi connectivity index (χ3n) is 7.87. The van der Waals surface area contributed by atoms with Crippen molar-refractivity contribution in [2.24, 2.45) is 0 Å². The van der Waals surface area contributed by atoms with E-state index in [2.05, 4.69) is 27.0 Å². The summed E-state index contributed by atoms with van der Waals surface area (Å²) < 4.78 is 16.6. The molecule has 3 amide bonds. The van der Waals surface area contributed by atoms with Gasteiger partial charge in [-0.1, -0.05) is 12.1 Å². The van der Waals surface area contributed by atoms with Crippen molar-refractivity contribution in [1.82, 2.24) is 15.6 Å². The molecule has 0 atom stereocenters. The van der Waals surface area contributed by atoms with Gasteiger partial charge < -0.3 is 30.2 Å². The highest BCUT2D eigenvalue weighted by atomic mass is 32.1. The standard InChI is InChI=1S/C38H42N4O7S/c1-20(2)40-35(44)29-10-9-25(32(41-29)36(45)47-8)26-18-30-28(33-24(11-13-48-30)12-14-50-33)17-27(26)34(43)42-31-21(3)15-23(16-22(31)4)19-39-37(46)49-38(5,6)7/h9-10,12,14-18,20H,11,13,19H2,1-8H3,(H,39,46)(H,40,44)(H,42,43). The number of hydrogen-bond acceptors (Lipinski definition) is 9. The van der Waals surface area contributed by atoms with Crippen molar-refractivity contribution in [2.45, 2.75) is 73.1 Å². The summed E-state index contributed by atoms with van der Waals surface area (Å²) in [5, 5.41) is 10.7. The van der Waals surface area contributed by atoms with Gasteiger partial charge in [0, 0.05) is 51.8 Å². The van der Waals surface area contributed by atoms with Crippen LogP contribution in [0.25, 0.3) is 21.6 Å². The number of carbonyl (C=O) groups is 4. The molecule has 0 bridgehead atoms. The minimum absolute atomic E-state index is 0.0376. The maximum Gasteiger partial charge on any atom is 0.407 e. The lowest BCUT2D eigenvalue weighted by Crippen LogP contribution is -2.32. The molecule has 4 aromatic rings. The molecule has 0 saturated carbocycles. The summed E-state index contributed by atoms with van der Waals surface area (Å²) in [4.78, 5) is 58.0. The first-order chi connectivity index (χ1) is 23.6. The minimum atomic E-state index is -0.760. The maximum absolute atomic E-state index is 14.4. The molecule has 3 heterocycles. The Kier molecular flexibility index (Phi) is 10.6. The smallest absolute Gasteiger partial charge is 0.407 e. The number of fused-ring (bicyclic) bond motifs is 3. The van der Waals surface area contributed by atoms with Crippen LogP contribution in [0.1, 0.15) is 88.2 Å². The number of pyridine rings is 1. The average molecular weight is 699 g/mol. The molecule has 12 heteroatoms. The monoisotopic (exact) mass is 698 g/mol. The molecule has 50 heavy (non-hydrogen) atoms. The Balaban J connectivity index is 1.58. The second kappa shape index (κ2) is 14.7. The number of alkyl carbamates (subject to hydrolysis) is 1. The third kappa shape index (κ3) is 8.14. The van der Waals surface area contributed by atoms with Gasteiger partial charge in [0.1, 0.15) is 17.0 Å². The molecular formula is C38H42N4O7S. The van der Waals surface area contributed by atoms with Crippen LogP contribution in [0.3, 0.4) is 0 Å². The molecule has 11 nitrogen and oxygen atoms in total. The zero-order valence-corrected chi connectivity index (χ0v) is 30.3. The summed E-state index contributed by atoms with van der Waals surface area (Å²) in [7, 11) is 1.24. The van der Waals surface area contributed by atoms with Crippen molar-refractivity contribution in [3.05, 3.63) is 87.0 Å². The summed E-state index contributed by atoms with van der Waals surface area (Å²) in [5.74, 6) is -1.07. The Bertz CT molecular complexity index is 1950. The number of benzene rings is 2. The third-order valence-corrected chi connectivity index (χ3v) is 8.86. The summed E-state index contributed by atoms with van der Waals surface area (Å²) >= 11 is 1.56. The number of carbonyl (C=O) groups excluding carboxylic acids is 4. The molecule has 3 N–H and O–H groups in total. The van der Waals surface area contributed by atoms with E-state index in [9.17, 15) is 19.2 Å². The van der Waals surface area contributed by atoms with E-state index in [0.29, 0.717) is 35.6 Å². The zero-order valence-electron chi connectivity index (χ0n) is 29.5. The molecule has 1 aliphatic heterocycles. The lowest BCUT2D eigenvalue weighted by molar-refractivity contribution is 0.0522. The Labute approximate surface area is 295 Å². The summed E-state index contributed by atoms with van der Waals surface area (Å²) in [5.41, 5.74) is 5.18. The molecule has 2 aromatic carbocycles. The van der Waals surface area contributed by atoms with Crippen molar-refractivity contribution in [3.63, 3.8) is 0 Å². The predicted octanol–water partition coefficient (Wildman–Crippen LogP) is 7.23. The van der Waals surface area contributed by atoms with Crippen LogP contribution in [0.2, 0.25) is 0 Å². The van der Waals surface area contributed by atoms with Gasteiger partial charge >= 0.3 is 12.1 Å². The predicted molar refractivity (Wildman–Crippen MR) is 193 cm³/mol. The van der Waals surface area contributed by atoms with Crippen LogP contribution >= 0.6 is 11.3 Å². The van der Waals surface area contributed by atoms with Crippen LogP contribution < -0.4 is 20.7 Å². The first kappa shape index (κ1) is 36.1. The van der Waals surface area contributed by atoms with E-state index in [0.717, 1.165) is 32.7 Å². The number of amides is 3. The Morgan fingerprint density at radius 1 is 0.960 bits per heavy atom. The topological polar surface area (TPSA) is 145 Å². The SMILES string of the molecule is COC(=O)c1nc(C(=O)NC(C)C)ccc1-c1cc2c(cc1C(=O)Nc1c(C)cc(CNC(=O)OC(C)(C)C)cc1C)-c1sccc1CCO2. The number of aryl methyl sites for hydroxylation is 2. The lowest BCUT2D eigenvalue weighted by atomic mass is 9.93. The van der Waals surface area contributed by atoms with E-state index in [1.165, 1.54) is 13.2 Å². The number of rotatable bonds is 8. The molecule has 0 spiro atoms. The molecular weight excluding hydrogens is 657 g/mol. The average Bonchev–Trinajstić information content (AvgIpc) is 3.44. The van der Waals surface area contributed by atoms with Crippen LogP contribution in [0.15, 0.2) is 47.8 Å². The fourth-order valence-electron chi connectivity index (χ4n) is 5.74. The first-order valence-electron chi connectivity index (χ1n) is 16.3. The van der Waals surface area contributed by atoms with Gasteiger partial charge in [-0.15, -0.1) is 11.3 Å². The highest BCUT2D eigenvalue weighted by Gasteiger charge is 2.27. The molecule has 0 fully saturated rings. The highest BCUT2D eigenvalue weighted by Crippen LogP contribution is 2.43.